The van der Waals surface area contributed by atoms with E-state index in [0.717, 1.165) is 70.6 Å². The number of hydrogen-bond donors (Lipinski definition) is 4. The summed E-state index contributed by atoms with van der Waals surface area (Å²) in [7, 11) is 0. The van der Waals surface area contributed by atoms with Crippen LogP contribution in [-0.2, 0) is 28.5 Å². The zero-order valence-electron chi connectivity index (χ0n) is 36.3. The Bertz CT molecular complexity index is 1130. The van der Waals surface area contributed by atoms with Crippen LogP contribution in [0, 0.1) is 0 Å². The van der Waals surface area contributed by atoms with E-state index in [2.05, 4.69) is 74.6 Å². The third kappa shape index (κ3) is 29.6. The summed E-state index contributed by atoms with van der Waals surface area (Å²) in [6.07, 6.45) is 39.4. The Hall–Kier alpha value is -2.60. The van der Waals surface area contributed by atoms with E-state index in [1.165, 1.54) is 70.6 Å². The van der Waals surface area contributed by atoms with Crippen molar-refractivity contribution in [1.29, 1.82) is 0 Å². The molecule has 0 saturated carbocycles. The Morgan fingerprint density at radius 3 is 1.53 bits per heavy atom. The molecule has 0 aromatic heterocycles. The number of carbonyl (C=O) groups excluding carboxylic acids is 2. The van der Waals surface area contributed by atoms with Gasteiger partial charge >= 0.3 is 11.9 Å². The molecule has 4 N–H and O–H groups in total. The maximum absolute atomic E-state index is 12.8. The number of ether oxygens (including phenoxy) is 4. The lowest BCUT2D eigenvalue weighted by molar-refractivity contribution is -0.305. The van der Waals surface area contributed by atoms with Crippen LogP contribution in [0.4, 0.5) is 0 Å². The van der Waals surface area contributed by atoms with E-state index in [4.69, 9.17) is 18.9 Å². The standard InChI is InChI=1S/C48H82O10/c1-3-5-7-9-11-13-15-17-19-20-21-22-23-25-27-29-31-33-35-37-44(51)57-41(40-56-48-47(54)46(53)45(52)42(38-49)58-48)39-55-43(50)36-34-32-30-28-26-24-18-16-14-12-10-8-6-4-2/h5,7,11,13,17,19,21-22,25,27,41-42,45-49,52-54H,3-4,6,8-10,12,14-16,18,20,23-24,26,28-40H2,1-2H3/b7-5+,13-11+,19-17+,22-21+,27-25+/t41-,42-,45+,46?,47?,48-/m1/s1. The first-order valence-corrected chi connectivity index (χ1v) is 22.9. The molecule has 0 aliphatic carbocycles. The normalized spacial score (nSPS) is 20.7. The first-order valence-electron chi connectivity index (χ1n) is 22.9. The Labute approximate surface area is 351 Å². The highest BCUT2D eigenvalue weighted by Crippen LogP contribution is 2.22. The third-order valence-corrected chi connectivity index (χ3v) is 10.2. The van der Waals surface area contributed by atoms with Crippen molar-refractivity contribution < 1.29 is 49.0 Å². The smallest absolute Gasteiger partial charge is 0.306 e. The first kappa shape index (κ1) is 53.4. The van der Waals surface area contributed by atoms with Gasteiger partial charge in [-0.15, -0.1) is 0 Å². The molecule has 0 aromatic rings. The van der Waals surface area contributed by atoms with Gasteiger partial charge in [-0.3, -0.25) is 9.59 Å². The summed E-state index contributed by atoms with van der Waals surface area (Å²) in [6.45, 7) is 3.27. The SMILES string of the molecule is CC/C=C/C/C=C/C/C=C/C/C=C/C/C=C/CCCCCC(=O)O[C@H](COC(=O)CCCCCCCCCCCCCCCC)CO[C@@H]1O[C@H](CO)[C@H](O)C(O)C1O. The number of hydrogen-bond acceptors (Lipinski definition) is 10. The third-order valence-electron chi connectivity index (χ3n) is 10.2. The van der Waals surface area contributed by atoms with Crippen LogP contribution in [0.3, 0.4) is 0 Å². The van der Waals surface area contributed by atoms with E-state index in [0.29, 0.717) is 6.42 Å². The lowest BCUT2D eigenvalue weighted by Gasteiger charge is -2.39. The molecular formula is C48H82O10. The number of allylic oxidation sites excluding steroid dienone is 10. The van der Waals surface area contributed by atoms with Crippen molar-refractivity contribution >= 4 is 11.9 Å². The van der Waals surface area contributed by atoms with Gasteiger partial charge in [0.05, 0.1) is 13.2 Å². The fourth-order valence-electron chi connectivity index (χ4n) is 6.57. The average molecular weight is 819 g/mol. The first-order chi connectivity index (χ1) is 28.3. The quantitative estimate of drug-likeness (QED) is 0.0271. The highest BCUT2D eigenvalue weighted by molar-refractivity contribution is 5.70. The van der Waals surface area contributed by atoms with Gasteiger partial charge in [0.15, 0.2) is 12.4 Å². The number of rotatable bonds is 37. The second kappa shape index (κ2) is 38.6. The average Bonchev–Trinajstić information content (AvgIpc) is 3.22. The predicted molar refractivity (Wildman–Crippen MR) is 233 cm³/mol. The zero-order chi connectivity index (χ0) is 42.3. The minimum Gasteiger partial charge on any atom is -0.462 e. The molecular weight excluding hydrogens is 737 g/mol. The molecule has 334 valence electrons. The van der Waals surface area contributed by atoms with Gasteiger partial charge in [-0.05, 0) is 57.8 Å². The Morgan fingerprint density at radius 1 is 0.552 bits per heavy atom. The summed E-state index contributed by atoms with van der Waals surface area (Å²) in [5.41, 5.74) is 0. The summed E-state index contributed by atoms with van der Waals surface area (Å²) in [5.74, 6) is -0.844. The topological polar surface area (TPSA) is 152 Å². The summed E-state index contributed by atoms with van der Waals surface area (Å²) in [5, 5.41) is 40.1. The van der Waals surface area contributed by atoms with Gasteiger partial charge < -0.3 is 39.4 Å². The molecule has 10 nitrogen and oxygen atoms in total. The van der Waals surface area contributed by atoms with Crippen LogP contribution in [0.15, 0.2) is 60.8 Å². The molecule has 0 amide bonds. The predicted octanol–water partition coefficient (Wildman–Crippen LogP) is 9.83. The van der Waals surface area contributed by atoms with Gasteiger partial charge in [0, 0.05) is 12.8 Å². The lowest BCUT2D eigenvalue weighted by Crippen LogP contribution is -2.59. The highest BCUT2D eigenvalue weighted by Gasteiger charge is 2.44. The minimum absolute atomic E-state index is 0.190. The highest BCUT2D eigenvalue weighted by atomic mass is 16.7. The molecule has 1 aliphatic rings. The molecule has 0 radical (unpaired) electrons. The minimum atomic E-state index is -1.60. The molecule has 1 rings (SSSR count). The van der Waals surface area contributed by atoms with E-state index in [1.807, 2.05) is 0 Å². The number of carbonyl (C=O) groups is 2. The fourth-order valence-corrected chi connectivity index (χ4v) is 6.57. The van der Waals surface area contributed by atoms with Crippen LogP contribution in [0.5, 0.6) is 0 Å². The van der Waals surface area contributed by atoms with Gasteiger partial charge in [0.2, 0.25) is 0 Å². The summed E-state index contributed by atoms with van der Waals surface area (Å²) >= 11 is 0. The van der Waals surface area contributed by atoms with E-state index >= 15 is 0 Å². The second-order valence-electron chi connectivity index (χ2n) is 15.5. The van der Waals surface area contributed by atoms with Gasteiger partial charge in [0.25, 0.3) is 0 Å². The van der Waals surface area contributed by atoms with E-state index < -0.39 is 49.4 Å². The van der Waals surface area contributed by atoms with Crippen molar-refractivity contribution in [2.75, 3.05) is 19.8 Å². The van der Waals surface area contributed by atoms with Gasteiger partial charge in [0.1, 0.15) is 31.0 Å². The van der Waals surface area contributed by atoms with Crippen LogP contribution in [0.25, 0.3) is 0 Å². The number of esters is 2. The van der Waals surface area contributed by atoms with E-state index in [9.17, 15) is 30.0 Å². The van der Waals surface area contributed by atoms with Gasteiger partial charge in [-0.2, -0.15) is 0 Å². The molecule has 1 aliphatic heterocycles. The van der Waals surface area contributed by atoms with Crippen molar-refractivity contribution in [2.24, 2.45) is 0 Å². The molecule has 1 fully saturated rings. The summed E-state index contributed by atoms with van der Waals surface area (Å²) < 4.78 is 22.1. The Balaban J connectivity index is 2.36. The second-order valence-corrected chi connectivity index (χ2v) is 15.5. The van der Waals surface area contributed by atoms with Crippen LogP contribution >= 0.6 is 0 Å². The molecule has 0 bridgehead atoms. The van der Waals surface area contributed by atoms with Crippen LogP contribution in [-0.4, -0.2) is 89.0 Å². The van der Waals surface area contributed by atoms with E-state index in [1.54, 1.807) is 0 Å². The maximum Gasteiger partial charge on any atom is 0.306 e. The van der Waals surface area contributed by atoms with Crippen molar-refractivity contribution in [3.8, 4) is 0 Å². The number of aliphatic hydroxyl groups excluding tert-OH is 4. The Morgan fingerprint density at radius 2 is 1.02 bits per heavy atom. The van der Waals surface area contributed by atoms with Crippen molar-refractivity contribution in [3.63, 3.8) is 0 Å². The van der Waals surface area contributed by atoms with Gasteiger partial charge in [-0.1, -0.05) is 164 Å². The monoisotopic (exact) mass is 819 g/mol. The van der Waals surface area contributed by atoms with Crippen molar-refractivity contribution in [3.05, 3.63) is 60.8 Å². The fraction of sp³-hybridized carbons (Fsp3) is 0.750. The zero-order valence-corrected chi connectivity index (χ0v) is 36.3. The largest absolute Gasteiger partial charge is 0.462 e. The van der Waals surface area contributed by atoms with Crippen molar-refractivity contribution in [1.82, 2.24) is 0 Å². The van der Waals surface area contributed by atoms with Crippen molar-refractivity contribution in [2.45, 2.75) is 211 Å². The molecule has 58 heavy (non-hydrogen) atoms. The number of aliphatic hydroxyl groups is 4. The van der Waals surface area contributed by atoms with Crippen LogP contribution in [0.1, 0.15) is 174 Å². The molecule has 0 spiro atoms. The molecule has 6 atom stereocenters. The maximum atomic E-state index is 12.8. The molecule has 1 saturated heterocycles. The van der Waals surface area contributed by atoms with E-state index in [-0.39, 0.29) is 32.0 Å². The van der Waals surface area contributed by atoms with Gasteiger partial charge in [-0.25, -0.2) is 0 Å². The molecule has 0 aromatic carbocycles. The summed E-state index contributed by atoms with van der Waals surface area (Å²) in [4.78, 5) is 25.3. The number of unbranched alkanes of at least 4 members (excludes halogenated alkanes) is 16. The molecule has 2 unspecified atom stereocenters. The summed E-state index contributed by atoms with van der Waals surface area (Å²) in [6, 6.07) is 0. The molecule has 10 heteroatoms. The molecule has 1 heterocycles. The lowest BCUT2D eigenvalue weighted by atomic mass is 9.99. The van der Waals surface area contributed by atoms with Crippen LogP contribution in [0.2, 0.25) is 0 Å². The van der Waals surface area contributed by atoms with Crippen LogP contribution < -0.4 is 0 Å². The Kier molecular flexibility index (Phi) is 35.5.